The SMILES string of the molecule is CC(C)(C)[SiH](c1ccc(C(=O)NC[C@H](C(=O)N[C@@H](CCCCNC(=O)CCC(=O)NCCC[C@H](NC(=O)CC[C@H](NC(=O)N[C@@H](CCC(=O)O)C(=O)O)C(=O)O)C(=O)O)C(=O)O)n2cc(CNC(=O)CC[P+](O)(O)CN3CCN(CPCCC(=O)O)CCN(CP(=O)(O)CCC(=O)O)CC3)nn2)cc1)C(C)(C)C. The monoisotopic (exact) mass is 1610 g/mol. The van der Waals surface area contributed by atoms with Crippen molar-refractivity contribution in [2.45, 2.75) is 178 Å². The van der Waals surface area contributed by atoms with Crippen LogP contribution in [0.25, 0.3) is 0 Å². The molecule has 0 bridgehead atoms. The molecule has 1 aromatic carbocycles. The van der Waals surface area contributed by atoms with E-state index in [9.17, 15) is 107 Å². The number of amides is 8. The van der Waals surface area contributed by atoms with Gasteiger partial charge in [-0.2, -0.15) is 0 Å². The maximum absolute atomic E-state index is 14.2. The van der Waals surface area contributed by atoms with Crippen molar-refractivity contribution < 1.29 is 122 Å². The smallest absolute Gasteiger partial charge is 0.326 e. The zero-order valence-electron chi connectivity index (χ0n) is 61.7. The molecular formula is C65H108N14O25P3Si+. The fourth-order valence-corrected chi connectivity index (χ4v) is 21.6. The first-order valence-corrected chi connectivity index (χ1v) is 42.5. The van der Waals surface area contributed by atoms with E-state index in [0.717, 1.165) is 9.87 Å². The number of carboxylic acid groups (broad SMARTS) is 7. The first-order chi connectivity index (χ1) is 50.4. The van der Waals surface area contributed by atoms with Crippen LogP contribution in [0.3, 0.4) is 0 Å². The normalized spacial score (nSPS) is 15.5. The minimum Gasteiger partial charge on any atom is -0.481 e. The van der Waals surface area contributed by atoms with Crippen molar-refractivity contribution in [2.24, 2.45) is 0 Å². The van der Waals surface area contributed by atoms with Crippen LogP contribution in [0.1, 0.15) is 154 Å². The Morgan fingerprint density at radius 2 is 1.05 bits per heavy atom. The molecule has 2 aromatic rings. The van der Waals surface area contributed by atoms with Crippen LogP contribution in [0, 0.1) is 0 Å². The number of carbonyl (C=O) groups excluding carboxylic acids is 7. The first-order valence-electron chi connectivity index (χ1n) is 35.3. The molecule has 0 spiro atoms. The van der Waals surface area contributed by atoms with Crippen LogP contribution in [-0.2, 0) is 68.6 Å². The highest BCUT2D eigenvalue weighted by Gasteiger charge is 2.40. The molecular weight excluding hydrogens is 1500 g/mol. The molecule has 43 heteroatoms. The Hall–Kier alpha value is -8.19. The molecule has 8 amide bonds. The molecule has 108 heavy (non-hydrogen) atoms. The van der Waals surface area contributed by atoms with E-state index in [0.29, 0.717) is 38.6 Å². The Morgan fingerprint density at radius 1 is 0.556 bits per heavy atom. The fourth-order valence-electron chi connectivity index (χ4n) is 12.0. The van der Waals surface area contributed by atoms with Crippen LogP contribution in [0.5, 0.6) is 0 Å². The number of hydrogen-bond donors (Lipinski definition) is 18. The molecule has 2 unspecified atom stereocenters. The third kappa shape index (κ3) is 38.2. The largest absolute Gasteiger partial charge is 0.481 e. The fraction of sp³-hybridized carbons (Fsp3) is 0.662. The van der Waals surface area contributed by atoms with Crippen LogP contribution in [0.4, 0.5) is 4.79 Å². The molecule has 1 aromatic heterocycles. The van der Waals surface area contributed by atoms with Crippen LogP contribution < -0.4 is 47.7 Å². The van der Waals surface area contributed by atoms with Gasteiger partial charge >= 0.3 is 47.8 Å². The molecule has 18 N–H and O–H groups in total. The number of benzene rings is 1. The Labute approximate surface area is 628 Å². The van der Waals surface area contributed by atoms with Gasteiger partial charge in [0.2, 0.25) is 36.9 Å². The van der Waals surface area contributed by atoms with Crippen LogP contribution in [-0.4, -0.2) is 293 Å². The summed E-state index contributed by atoms with van der Waals surface area (Å²) in [5, 5.41) is 94.3. The third-order valence-corrected chi connectivity index (χ3v) is 26.5. The zero-order chi connectivity index (χ0) is 81.1. The molecule has 7 atom stereocenters. The molecule has 0 saturated carbocycles. The second-order valence-corrected chi connectivity index (χ2v) is 39.8. The summed E-state index contributed by atoms with van der Waals surface area (Å²) in [5.74, 6) is -13.6. The summed E-state index contributed by atoms with van der Waals surface area (Å²) >= 11 is 0. The Morgan fingerprint density at radius 3 is 1.58 bits per heavy atom. The van der Waals surface area contributed by atoms with Gasteiger partial charge in [0.1, 0.15) is 42.1 Å². The highest BCUT2D eigenvalue weighted by Crippen LogP contribution is 2.51. The lowest BCUT2D eigenvalue weighted by atomic mass is 10.1. The predicted octanol–water partition coefficient (Wildman–Crippen LogP) is -0.235. The number of hydrogen-bond acceptors (Lipinski definition) is 22. The summed E-state index contributed by atoms with van der Waals surface area (Å²) in [6.07, 6.45) is -2.65. The Kier molecular flexibility index (Phi) is 40.3. The molecule has 1 aliphatic heterocycles. The van der Waals surface area contributed by atoms with Gasteiger partial charge in [0.25, 0.3) is 13.6 Å². The lowest BCUT2D eigenvalue weighted by molar-refractivity contribution is -0.143. The van der Waals surface area contributed by atoms with Gasteiger partial charge in [-0.3, -0.25) is 62.4 Å². The topological polar surface area (TPSA) is 595 Å². The maximum Gasteiger partial charge on any atom is 0.326 e. The molecule has 1 fully saturated rings. The second kappa shape index (κ2) is 46.3. The molecule has 39 nitrogen and oxygen atoms in total. The van der Waals surface area contributed by atoms with Crippen molar-refractivity contribution in [3.05, 3.63) is 41.7 Å². The van der Waals surface area contributed by atoms with E-state index in [-0.39, 0.29) is 139 Å². The van der Waals surface area contributed by atoms with Crippen molar-refractivity contribution in [3.8, 4) is 0 Å². The van der Waals surface area contributed by atoms with Gasteiger partial charge < -0.3 is 83.2 Å². The van der Waals surface area contributed by atoms with Gasteiger partial charge in [0.15, 0.2) is 6.29 Å². The summed E-state index contributed by atoms with van der Waals surface area (Å²) in [6, 6.07) is -1.83. The van der Waals surface area contributed by atoms with E-state index in [4.69, 9.17) is 15.3 Å². The van der Waals surface area contributed by atoms with Crippen molar-refractivity contribution in [1.82, 2.24) is 72.2 Å². The molecule has 2 heterocycles. The Bertz CT molecular complexity index is 3420. The van der Waals surface area contributed by atoms with E-state index < -0.39 is 182 Å². The lowest BCUT2D eigenvalue weighted by Gasteiger charge is -2.39. The summed E-state index contributed by atoms with van der Waals surface area (Å²) in [6.45, 7) is 14.4. The van der Waals surface area contributed by atoms with Gasteiger partial charge in [-0.1, -0.05) is 64.1 Å². The average Bonchev–Trinajstić information content (AvgIpc) is 0.946. The quantitative estimate of drug-likeness (QED) is 0.0231. The van der Waals surface area contributed by atoms with E-state index in [1.807, 2.05) is 22.8 Å². The standard InChI is InChI=1S/C65H107N14O25P3Si/c1-64(2,3)108(65(4,5)6)44-14-12-42(13-15-44)57(90)69-37-49(79-38-43(74-75-79)36-68-52(82)23-34-106(101,102)40-77-29-27-76(39-105-33-22-55(86)87)28-30-78(32-31-77)41-107(103,104)35-24-56(88)89)58(91)71-46(60(94)95)10-7-8-25-66-50(80)19-20-51(81)67-26-9-11-45(59(92)93)70-53(83)18-16-47(61(96)97)72-63(100)73-48(62(98)99)17-21-54(84)85/h12-15,38,45-49,101-102,105,108H,7-11,16-37,39-41H2,1-6H3,(H15-,66,67,68,69,70,71,72,73,80,81,82,83,84,85,86,87,88,89,90,91,92,93,94,95,96,97,98,99,100,103,104)/p+1/t45-,46-,47-,48-,49+/m0/s1. The van der Waals surface area contributed by atoms with Crippen molar-refractivity contribution in [1.29, 1.82) is 0 Å². The van der Waals surface area contributed by atoms with Gasteiger partial charge in [0, 0.05) is 109 Å². The highest BCUT2D eigenvalue weighted by atomic mass is 31.2. The number of aliphatic carboxylic acids is 7. The first kappa shape index (κ1) is 94.0. The minimum absolute atomic E-state index is 0.000680. The number of unbranched alkanes of at least 4 members (excludes halogenated alkanes) is 1. The molecule has 3 rings (SSSR count). The van der Waals surface area contributed by atoms with Gasteiger partial charge in [-0.05, 0) is 73.3 Å². The number of nitrogens with one attached hydrogen (secondary N) is 8. The van der Waals surface area contributed by atoms with Crippen molar-refractivity contribution >= 4 is 121 Å². The third-order valence-electron chi connectivity index (χ3n) is 17.2. The van der Waals surface area contributed by atoms with Crippen molar-refractivity contribution in [3.63, 3.8) is 0 Å². The van der Waals surface area contributed by atoms with Crippen LogP contribution in [0.2, 0.25) is 10.1 Å². The molecule has 1 saturated heterocycles. The van der Waals surface area contributed by atoms with Crippen LogP contribution >= 0.6 is 23.7 Å². The predicted molar refractivity (Wildman–Crippen MR) is 397 cm³/mol. The number of urea groups is 1. The Balaban J connectivity index is 1.61. The molecule has 0 radical (unpaired) electrons. The maximum atomic E-state index is 14.2. The summed E-state index contributed by atoms with van der Waals surface area (Å²) in [5.41, 5.74) is 0.399. The lowest BCUT2D eigenvalue weighted by Crippen LogP contribution is -2.51. The summed E-state index contributed by atoms with van der Waals surface area (Å²) in [4.78, 5) is 211. The number of nitrogens with zero attached hydrogens (tertiary/aromatic N) is 6. The average molecular weight is 1610 g/mol. The highest BCUT2D eigenvalue weighted by molar-refractivity contribution is 7.64. The van der Waals surface area contributed by atoms with E-state index in [1.54, 1.807) is 21.9 Å². The van der Waals surface area contributed by atoms with Gasteiger partial charge in [-0.25, -0.2) is 38.4 Å². The molecule has 606 valence electrons. The van der Waals surface area contributed by atoms with Gasteiger partial charge in [-0.15, -0.1) is 13.7 Å². The molecule has 1 aliphatic rings. The minimum atomic E-state index is -3.90. The second-order valence-electron chi connectivity index (χ2n) is 28.6. The zero-order valence-corrected chi connectivity index (χ0v) is 65.7. The summed E-state index contributed by atoms with van der Waals surface area (Å²) < 4.78 is 14.1. The van der Waals surface area contributed by atoms with Crippen molar-refractivity contribution in [2.75, 3.05) is 96.2 Å². The number of aromatic nitrogens is 3. The molecule has 0 aliphatic carbocycles. The summed E-state index contributed by atoms with van der Waals surface area (Å²) in [7, 11) is -9.10. The number of carbonyl (C=O) groups is 14. The van der Waals surface area contributed by atoms with E-state index in [1.165, 1.54) is 6.20 Å². The van der Waals surface area contributed by atoms with Crippen LogP contribution in [0.15, 0.2) is 30.5 Å². The van der Waals surface area contributed by atoms with E-state index >= 15 is 0 Å². The number of rotatable bonds is 49. The van der Waals surface area contributed by atoms with Gasteiger partial charge in [0.05, 0.1) is 40.7 Å². The van der Waals surface area contributed by atoms with E-state index in [2.05, 4.69) is 88.7 Å². The number of carboxylic acids is 7.